The van der Waals surface area contributed by atoms with Crippen molar-refractivity contribution in [2.45, 2.75) is 25.7 Å². The van der Waals surface area contributed by atoms with E-state index in [1.54, 1.807) is 0 Å². The molecule has 0 radical (unpaired) electrons. The number of carbonyl (C=O) groups excluding carboxylic acids is 1. The van der Waals surface area contributed by atoms with E-state index in [2.05, 4.69) is 0 Å². The van der Waals surface area contributed by atoms with Crippen molar-refractivity contribution < 1.29 is 4.79 Å². The fourth-order valence-corrected chi connectivity index (χ4v) is 4.54. The monoisotopic (exact) mass is 385 g/mol. The zero-order valence-corrected chi connectivity index (χ0v) is 15.9. The summed E-state index contributed by atoms with van der Waals surface area (Å²) in [4.78, 5) is 21.0. The first-order valence-corrected chi connectivity index (χ1v) is 10.1. The highest BCUT2D eigenvalue weighted by molar-refractivity contribution is 7.21. The third-order valence-electron chi connectivity index (χ3n) is 4.82. The molecule has 134 valence electrons. The number of thiophene rings is 1. The van der Waals surface area contributed by atoms with Gasteiger partial charge >= 0.3 is 0 Å². The summed E-state index contributed by atoms with van der Waals surface area (Å²) < 4.78 is 0. The quantitative estimate of drug-likeness (QED) is 0.658. The SMILES string of the molecule is Nc1c(C(=O)N2CCCCCC2)sc2nc(-c3ccc(Cl)cc3)ccc12. The maximum absolute atomic E-state index is 12.9. The number of halogens is 1. The van der Waals surface area contributed by atoms with Gasteiger partial charge in [-0.1, -0.05) is 36.6 Å². The molecule has 0 atom stereocenters. The summed E-state index contributed by atoms with van der Waals surface area (Å²) in [5.41, 5.74) is 8.69. The van der Waals surface area contributed by atoms with E-state index in [1.807, 2.05) is 41.3 Å². The Morgan fingerprint density at radius 1 is 1.04 bits per heavy atom. The minimum Gasteiger partial charge on any atom is -0.397 e. The third-order valence-corrected chi connectivity index (χ3v) is 6.18. The van der Waals surface area contributed by atoms with Gasteiger partial charge in [0.2, 0.25) is 0 Å². The van der Waals surface area contributed by atoms with Crippen molar-refractivity contribution >= 4 is 44.7 Å². The predicted octanol–water partition coefficient (Wildman–Crippen LogP) is 5.22. The number of amides is 1. The Labute approximate surface area is 161 Å². The smallest absolute Gasteiger partial charge is 0.266 e. The molecule has 0 aliphatic carbocycles. The van der Waals surface area contributed by atoms with Gasteiger partial charge in [0.15, 0.2) is 0 Å². The van der Waals surface area contributed by atoms with E-state index in [4.69, 9.17) is 22.3 Å². The number of nitrogen functional groups attached to an aromatic ring is 1. The van der Waals surface area contributed by atoms with Gasteiger partial charge in [0.25, 0.3) is 5.91 Å². The Hall–Kier alpha value is -2.11. The molecule has 1 aliphatic heterocycles. The summed E-state index contributed by atoms with van der Waals surface area (Å²) in [5, 5.41) is 1.55. The zero-order valence-electron chi connectivity index (χ0n) is 14.4. The summed E-state index contributed by atoms with van der Waals surface area (Å²) in [7, 11) is 0. The second-order valence-corrected chi connectivity index (χ2v) is 8.04. The number of hydrogen-bond donors (Lipinski definition) is 1. The molecule has 4 nitrogen and oxygen atoms in total. The van der Waals surface area contributed by atoms with Gasteiger partial charge in [0, 0.05) is 29.1 Å². The van der Waals surface area contributed by atoms with E-state index in [-0.39, 0.29) is 5.91 Å². The van der Waals surface area contributed by atoms with Crippen molar-refractivity contribution in [2.75, 3.05) is 18.8 Å². The number of carbonyl (C=O) groups is 1. The van der Waals surface area contributed by atoms with Crippen LogP contribution in [0.1, 0.15) is 35.4 Å². The van der Waals surface area contributed by atoms with Crippen molar-refractivity contribution in [2.24, 2.45) is 0 Å². The average Bonchev–Trinajstić information content (AvgIpc) is 2.83. The normalized spacial score (nSPS) is 15.2. The Bertz CT molecular complexity index is 944. The lowest BCUT2D eigenvalue weighted by atomic mass is 10.1. The highest BCUT2D eigenvalue weighted by Gasteiger charge is 2.23. The van der Waals surface area contributed by atoms with Crippen LogP contribution in [0.3, 0.4) is 0 Å². The Balaban J connectivity index is 1.69. The minimum absolute atomic E-state index is 0.0421. The Kier molecular flexibility index (Phi) is 4.83. The van der Waals surface area contributed by atoms with Crippen molar-refractivity contribution in [3.05, 3.63) is 46.3 Å². The lowest BCUT2D eigenvalue weighted by molar-refractivity contribution is 0.0767. The van der Waals surface area contributed by atoms with E-state index in [1.165, 1.54) is 24.2 Å². The first kappa shape index (κ1) is 17.3. The largest absolute Gasteiger partial charge is 0.397 e. The Morgan fingerprint density at radius 3 is 2.42 bits per heavy atom. The van der Waals surface area contributed by atoms with Crippen LogP contribution >= 0.6 is 22.9 Å². The fraction of sp³-hybridized carbons (Fsp3) is 0.300. The summed E-state index contributed by atoms with van der Waals surface area (Å²) in [6.45, 7) is 1.63. The number of rotatable bonds is 2. The fourth-order valence-electron chi connectivity index (χ4n) is 3.35. The molecule has 0 saturated carbocycles. The van der Waals surface area contributed by atoms with Crippen LogP contribution in [-0.4, -0.2) is 28.9 Å². The number of likely N-dealkylation sites (tertiary alicyclic amines) is 1. The van der Waals surface area contributed by atoms with Crippen LogP contribution in [0.15, 0.2) is 36.4 Å². The number of nitrogens with two attached hydrogens (primary N) is 1. The molecule has 3 aromatic rings. The molecule has 1 aromatic carbocycles. The van der Waals surface area contributed by atoms with E-state index in [0.717, 1.165) is 47.4 Å². The van der Waals surface area contributed by atoms with Gasteiger partial charge in [-0.05, 0) is 37.1 Å². The molecular formula is C20H20ClN3OS. The molecule has 26 heavy (non-hydrogen) atoms. The first-order valence-electron chi connectivity index (χ1n) is 8.88. The lowest BCUT2D eigenvalue weighted by Gasteiger charge is -2.19. The van der Waals surface area contributed by atoms with Crippen LogP contribution in [-0.2, 0) is 0 Å². The second-order valence-electron chi connectivity index (χ2n) is 6.61. The summed E-state index contributed by atoms with van der Waals surface area (Å²) in [6, 6.07) is 11.5. The Morgan fingerprint density at radius 2 is 1.73 bits per heavy atom. The molecule has 4 rings (SSSR count). The van der Waals surface area contributed by atoms with Gasteiger partial charge in [0.05, 0.1) is 11.4 Å². The summed E-state index contributed by atoms with van der Waals surface area (Å²) in [6.07, 6.45) is 4.51. The molecule has 1 amide bonds. The van der Waals surface area contributed by atoms with Crippen LogP contribution < -0.4 is 5.73 Å². The van der Waals surface area contributed by atoms with Gasteiger partial charge in [-0.25, -0.2) is 4.98 Å². The number of pyridine rings is 1. The molecule has 0 bridgehead atoms. The van der Waals surface area contributed by atoms with Crippen LogP contribution in [0.2, 0.25) is 5.02 Å². The van der Waals surface area contributed by atoms with Crippen molar-refractivity contribution in [3.63, 3.8) is 0 Å². The van der Waals surface area contributed by atoms with E-state index in [0.29, 0.717) is 15.6 Å². The average molecular weight is 386 g/mol. The summed E-state index contributed by atoms with van der Waals surface area (Å²) >= 11 is 7.35. The van der Waals surface area contributed by atoms with Gasteiger partial charge in [-0.2, -0.15) is 0 Å². The van der Waals surface area contributed by atoms with Crippen molar-refractivity contribution in [3.8, 4) is 11.3 Å². The van der Waals surface area contributed by atoms with E-state index >= 15 is 0 Å². The third kappa shape index (κ3) is 3.29. The maximum Gasteiger partial charge on any atom is 0.266 e. The van der Waals surface area contributed by atoms with Crippen molar-refractivity contribution in [1.82, 2.24) is 9.88 Å². The first-order chi connectivity index (χ1) is 12.6. The molecular weight excluding hydrogens is 366 g/mol. The van der Waals surface area contributed by atoms with Crippen LogP contribution in [0.5, 0.6) is 0 Å². The molecule has 2 N–H and O–H groups in total. The van der Waals surface area contributed by atoms with Crippen LogP contribution in [0.4, 0.5) is 5.69 Å². The molecule has 6 heteroatoms. The van der Waals surface area contributed by atoms with E-state index < -0.39 is 0 Å². The molecule has 1 saturated heterocycles. The highest BCUT2D eigenvalue weighted by atomic mass is 35.5. The molecule has 1 aliphatic rings. The number of aromatic nitrogens is 1. The molecule has 1 fully saturated rings. The standard InChI is InChI=1S/C20H20ClN3OS/c21-14-7-5-13(6-8-14)16-10-9-15-17(22)18(26-19(15)23-16)20(25)24-11-3-1-2-4-12-24/h5-10H,1-4,11-12,22H2. The number of hydrogen-bond acceptors (Lipinski definition) is 4. The highest BCUT2D eigenvalue weighted by Crippen LogP contribution is 2.35. The maximum atomic E-state index is 12.9. The zero-order chi connectivity index (χ0) is 18.1. The lowest BCUT2D eigenvalue weighted by Crippen LogP contribution is -2.31. The summed E-state index contributed by atoms with van der Waals surface area (Å²) in [5.74, 6) is 0.0421. The second kappa shape index (κ2) is 7.25. The number of anilines is 1. The molecule has 3 heterocycles. The van der Waals surface area contributed by atoms with Crippen molar-refractivity contribution in [1.29, 1.82) is 0 Å². The predicted molar refractivity (Wildman–Crippen MR) is 109 cm³/mol. The van der Waals surface area contributed by atoms with Gasteiger partial charge in [0.1, 0.15) is 9.71 Å². The number of fused-ring (bicyclic) bond motifs is 1. The van der Waals surface area contributed by atoms with Crippen LogP contribution in [0.25, 0.3) is 21.5 Å². The van der Waals surface area contributed by atoms with Gasteiger partial charge < -0.3 is 10.6 Å². The van der Waals surface area contributed by atoms with Gasteiger partial charge in [-0.15, -0.1) is 11.3 Å². The number of benzene rings is 1. The number of nitrogens with zero attached hydrogens (tertiary/aromatic N) is 2. The molecule has 2 aromatic heterocycles. The topological polar surface area (TPSA) is 59.2 Å². The molecule has 0 unspecified atom stereocenters. The molecule has 0 spiro atoms. The minimum atomic E-state index is 0.0421. The van der Waals surface area contributed by atoms with E-state index in [9.17, 15) is 4.79 Å². The van der Waals surface area contributed by atoms with Gasteiger partial charge in [-0.3, -0.25) is 4.79 Å². The van der Waals surface area contributed by atoms with Crippen LogP contribution in [0, 0.1) is 0 Å².